The summed E-state index contributed by atoms with van der Waals surface area (Å²) in [5.74, 6) is 0.968. The van der Waals surface area contributed by atoms with Gasteiger partial charge in [0.25, 0.3) is 0 Å². The van der Waals surface area contributed by atoms with E-state index in [9.17, 15) is 0 Å². The van der Waals surface area contributed by atoms with Crippen molar-refractivity contribution in [2.45, 2.75) is 19.9 Å². The van der Waals surface area contributed by atoms with E-state index in [1.54, 1.807) is 7.11 Å². The van der Waals surface area contributed by atoms with E-state index in [0.29, 0.717) is 0 Å². The lowest BCUT2D eigenvalue weighted by Gasteiger charge is -2.30. The lowest BCUT2D eigenvalue weighted by molar-refractivity contribution is 0.144. The Morgan fingerprint density at radius 1 is 1.27 bits per heavy atom. The molecular formula is C17H29N3O2. The molecule has 0 spiro atoms. The molecule has 0 aromatic heterocycles. The standard InChI is InChI=1S/C17H29N3O2/c1-3-22-12-4-7-19-14-15-5-6-16(17(13-15)21-2)20-10-8-18-9-11-20/h5-6,13,18-19H,3-4,7-12,14H2,1-2H3. The topological polar surface area (TPSA) is 45.8 Å². The Labute approximate surface area is 134 Å². The maximum atomic E-state index is 5.59. The van der Waals surface area contributed by atoms with Gasteiger partial charge in [0.2, 0.25) is 0 Å². The fourth-order valence-electron chi connectivity index (χ4n) is 2.68. The molecule has 1 aliphatic heterocycles. The molecule has 124 valence electrons. The number of anilines is 1. The van der Waals surface area contributed by atoms with Crippen LogP contribution < -0.4 is 20.3 Å². The van der Waals surface area contributed by atoms with Gasteiger partial charge in [-0.1, -0.05) is 6.07 Å². The molecule has 0 amide bonds. The van der Waals surface area contributed by atoms with Crippen LogP contribution in [0.2, 0.25) is 0 Å². The molecule has 1 aliphatic rings. The SMILES string of the molecule is CCOCCCNCc1ccc(N2CCNCC2)c(OC)c1. The molecule has 1 saturated heterocycles. The zero-order valence-electron chi connectivity index (χ0n) is 13.9. The van der Waals surface area contributed by atoms with Crippen LogP contribution in [0.4, 0.5) is 5.69 Å². The minimum atomic E-state index is 0.796. The number of nitrogens with zero attached hydrogens (tertiary/aromatic N) is 1. The Morgan fingerprint density at radius 2 is 2.09 bits per heavy atom. The summed E-state index contributed by atoms with van der Waals surface area (Å²) in [5.41, 5.74) is 2.45. The minimum absolute atomic E-state index is 0.796. The van der Waals surface area contributed by atoms with E-state index in [2.05, 4.69) is 33.7 Å². The van der Waals surface area contributed by atoms with Gasteiger partial charge in [0.15, 0.2) is 0 Å². The largest absolute Gasteiger partial charge is 0.495 e. The van der Waals surface area contributed by atoms with Gasteiger partial charge in [-0.3, -0.25) is 0 Å². The van der Waals surface area contributed by atoms with Crippen LogP contribution >= 0.6 is 0 Å². The van der Waals surface area contributed by atoms with E-state index >= 15 is 0 Å². The number of rotatable bonds is 9. The molecule has 2 N–H and O–H groups in total. The monoisotopic (exact) mass is 307 g/mol. The first-order valence-electron chi connectivity index (χ1n) is 8.26. The van der Waals surface area contributed by atoms with Gasteiger partial charge in [0.05, 0.1) is 12.8 Å². The van der Waals surface area contributed by atoms with Gasteiger partial charge in [-0.15, -0.1) is 0 Å². The van der Waals surface area contributed by atoms with Gasteiger partial charge in [-0.25, -0.2) is 0 Å². The summed E-state index contributed by atoms with van der Waals surface area (Å²) in [7, 11) is 1.75. The Kier molecular flexibility index (Phi) is 7.49. The van der Waals surface area contributed by atoms with E-state index in [4.69, 9.17) is 9.47 Å². The van der Waals surface area contributed by atoms with Gasteiger partial charge < -0.3 is 25.0 Å². The van der Waals surface area contributed by atoms with Crippen LogP contribution in [0.1, 0.15) is 18.9 Å². The first-order chi connectivity index (χ1) is 10.8. The van der Waals surface area contributed by atoms with Crippen molar-refractivity contribution >= 4 is 5.69 Å². The highest BCUT2D eigenvalue weighted by Crippen LogP contribution is 2.29. The van der Waals surface area contributed by atoms with Crippen LogP contribution in [-0.4, -0.2) is 53.0 Å². The van der Waals surface area contributed by atoms with Crippen LogP contribution in [-0.2, 0) is 11.3 Å². The first-order valence-corrected chi connectivity index (χ1v) is 8.26. The summed E-state index contributed by atoms with van der Waals surface area (Å²) in [6, 6.07) is 6.52. The summed E-state index contributed by atoms with van der Waals surface area (Å²) < 4.78 is 10.9. The number of piperazine rings is 1. The fourth-order valence-corrected chi connectivity index (χ4v) is 2.68. The quantitative estimate of drug-likeness (QED) is 0.679. The Hall–Kier alpha value is -1.30. The van der Waals surface area contributed by atoms with Crippen molar-refractivity contribution in [3.8, 4) is 5.75 Å². The lowest BCUT2D eigenvalue weighted by atomic mass is 10.1. The molecule has 1 aromatic carbocycles. The first kappa shape index (κ1) is 17.1. The zero-order valence-corrected chi connectivity index (χ0v) is 13.9. The molecule has 22 heavy (non-hydrogen) atoms. The molecule has 0 atom stereocenters. The Balaban J connectivity index is 1.85. The van der Waals surface area contributed by atoms with Gasteiger partial charge >= 0.3 is 0 Å². The number of methoxy groups -OCH3 is 1. The van der Waals surface area contributed by atoms with Crippen LogP contribution in [0.25, 0.3) is 0 Å². The van der Waals surface area contributed by atoms with Crippen molar-refractivity contribution in [2.24, 2.45) is 0 Å². The molecule has 5 nitrogen and oxygen atoms in total. The number of hydrogen-bond donors (Lipinski definition) is 2. The highest BCUT2D eigenvalue weighted by molar-refractivity contribution is 5.60. The molecule has 0 aliphatic carbocycles. The van der Waals surface area contributed by atoms with E-state index in [-0.39, 0.29) is 0 Å². The van der Waals surface area contributed by atoms with Gasteiger partial charge in [-0.05, 0) is 37.6 Å². The van der Waals surface area contributed by atoms with E-state index in [0.717, 1.165) is 64.7 Å². The highest BCUT2D eigenvalue weighted by Gasteiger charge is 2.14. The summed E-state index contributed by atoms with van der Waals surface area (Å²) in [4.78, 5) is 2.38. The Bertz CT molecular complexity index is 434. The van der Waals surface area contributed by atoms with Gasteiger partial charge in [0.1, 0.15) is 5.75 Å². The predicted molar refractivity (Wildman–Crippen MR) is 90.9 cm³/mol. The number of nitrogens with one attached hydrogen (secondary N) is 2. The second-order valence-corrected chi connectivity index (χ2v) is 5.47. The third-order valence-electron chi connectivity index (χ3n) is 3.88. The smallest absolute Gasteiger partial charge is 0.142 e. The molecule has 0 bridgehead atoms. The van der Waals surface area contributed by atoms with Crippen molar-refractivity contribution < 1.29 is 9.47 Å². The average Bonchev–Trinajstić information content (AvgIpc) is 2.58. The van der Waals surface area contributed by atoms with Gasteiger partial charge in [-0.2, -0.15) is 0 Å². The third kappa shape index (κ3) is 5.16. The van der Waals surface area contributed by atoms with E-state index in [1.807, 2.05) is 6.92 Å². The molecule has 2 rings (SSSR count). The average molecular weight is 307 g/mol. The summed E-state index contributed by atoms with van der Waals surface area (Å²) >= 11 is 0. The molecule has 1 fully saturated rings. The van der Waals surface area contributed by atoms with Crippen molar-refractivity contribution in [2.75, 3.05) is 57.9 Å². The second-order valence-electron chi connectivity index (χ2n) is 5.47. The number of ether oxygens (including phenoxy) is 2. The van der Waals surface area contributed by atoms with Crippen molar-refractivity contribution in [3.05, 3.63) is 23.8 Å². The summed E-state index contributed by atoms with van der Waals surface area (Å²) in [6.07, 6.45) is 1.05. The van der Waals surface area contributed by atoms with E-state index < -0.39 is 0 Å². The normalized spacial score (nSPS) is 15.1. The summed E-state index contributed by atoms with van der Waals surface area (Å²) in [5, 5.41) is 6.83. The molecule has 0 saturated carbocycles. The number of benzene rings is 1. The van der Waals surface area contributed by atoms with Crippen molar-refractivity contribution in [3.63, 3.8) is 0 Å². The maximum Gasteiger partial charge on any atom is 0.142 e. The minimum Gasteiger partial charge on any atom is -0.495 e. The molecular weight excluding hydrogens is 278 g/mol. The molecule has 5 heteroatoms. The van der Waals surface area contributed by atoms with Crippen LogP contribution in [0, 0.1) is 0 Å². The lowest BCUT2D eigenvalue weighted by Crippen LogP contribution is -2.43. The molecule has 0 radical (unpaired) electrons. The van der Waals surface area contributed by atoms with Crippen molar-refractivity contribution in [1.29, 1.82) is 0 Å². The molecule has 0 unspecified atom stereocenters. The predicted octanol–water partition coefficient (Wildman–Crippen LogP) is 1.62. The zero-order chi connectivity index (χ0) is 15.6. The summed E-state index contributed by atoms with van der Waals surface area (Å²) in [6.45, 7) is 9.63. The van der Waals surface area contributed by atoms with Crippen LogP contribution in [0.15, 0.2) is 18.2 Å². The van der Waals surface area contributed by atoms with E-state index in [1.165, 1.54) is 11.3 Å². The fraction of sp³-hybridized carbons (Fsp3) is 0.647. The third-order valence-corrected chi connectivity index (χ3v) is 3.88. The van der Waals surface area contributed by atoms with Crippen molar-refractivity contribution in [1.82, 2.24) is 10.6 Å². The Morgan fingerprint density at radius 3 is 2.82 bits per heavy atom. The highest BCUT2D eigenvalue weighted by atomic mass is 16.5. The number of hydrogen-bond acceptors (Lipinski definition) is 5. The van der Waals surface area contributed by atoms with Crippen LogP contribution in [0.5, 0.6) is 5.75 Å². The second kappa shape index (κ2) is 9.66. The van der Waals surface area contributed by atoms with Crippen LogP contribution in [0.3, 0.4) is 0 Å². The maximum absolute atomic E-state index is 5.59. The molecule has 1 heterocycles. The molecule has 1 aromatic rings. The van der Waals surface area contributed by atoms with Gasteiger partial charge in [0, 0.05) is 45.9 Å².